The first kappa shape index (κ1) is 22.0. The van der Waals surface area contributed by atoms with Crippen LogP contribution in [0.1, 0.15) is 39.6 Å². The highest BCUT2D eigenvalue weighted by molar-refractivity contribution is 6.07. The van der Waals surface area contributed by atoms with Crippen LogP contribution in [0.2, 0.25) is 0 Å². The average molecular weight is 441 g/mol. The zero-order valence-corrected chi connectivity index (χ0v) is 18.0. The molecule has 0 aliphatic carbocycles. The second-order valence-corrected chi connectivity index (χ2v) is 8.12. The third kappa shape index (κ3) is 4.23. The molecule has 2 heterocycles. The number of hydrogen-bond donors (Lipinski definition) is 2. The molecule has 1 aromatic heterocycles. The first-order chi connectivity index (χ1) is 15.4. The van der Waals surface area contributed by atoms with Crippen LogP contribution >= 0.6 is 0 Å². The number of amides is 2. The van der Waals surface area contributed by atoms with Gasteiger partial charge >= 0.3 is 0 Å². The molecule has 1 fully saturated rings. The van der Waals surface area contributed by atoms with Gasteiger partial charge in [0, 0.05) is 37.8 Å². The molecule has 6 nitrogen and oxygen atoms in total. The summed E-state index contributed by atoms with van der Waals surface area (Å²) in [6, 6.07) is 8.90. The molecular weight excluding hydrogens is 416 g/mol. The molecular formula is C24H25F2N3O3. The van der Waals surface area contributed by atoms with E-state index < -0.39 is 17.5 Å². The second-order valence-electron chi connectivity index (χ2n) is 8.12. The summed E-state index contributed by atoms with van der Waals surface area (Å²) in [5.74, 6) is -1.83. The van der Waals surface area contributed by atoms with Gasteiger partial charge in [-0.1, -0.05) is 19.1 Å². The van der Waals surface area contributed by atoms with Crippen molar-refractivity contribution < 1.29 is 23.1 Å². The minimum Gasteiger partial charge on any atom is -0.381 e. The number of rotatable bonds is 5. The van der Waals surface area contributed by atoms with Crippen LogP contribution in [-0.2, 0) is 11.3 Å². The van der Waals surface area contributed by atoms with Gasteiger partial charge in [-0.25, -0.2) is 8.78 Å². The van der Waals surface area contributed by atoms with Crippen molar-refractivity contribution in [3.8, 4) is 0 Å². The second kappa shape index (κ2) is 9.08. The fraction of sp³-hybridized carbons (Fsp3) is 0.333. The van der Waals surface area contributed by atoms with Crippen molar-refractivity contribution in [2.75, 3.05) is 20.3 Å². The minimum absolute atomic E-state index is 0.0484. The third-order valence-electron chi connectivity index (χ3n) is 5.92. The molecule has 2 N–H and O–H groups in total. The number of aromatic nitrogens is 1. The van der Waals surface area contributed by atoms with Crippen LogP contribution in [0.4, 0.5) is 8.78 Å². The van der Waals surface area contributed by atoms with Crippen LogP contribution in [0.25, 0.3) is 10.9 Å². The van der Waals surface area contributed by atoms with Crippen LogP contribution in [0.3, 0.4) is 0 Å². The molecule has 2 unspecified atom stereocenters. The van der Waals surface area contributed by atoms with Gasteiger partial charge in [-0.05, 0) is 42.2 Å². The van der Waals surface area contributed by atoms with E-state index >= 15 is 0 Å². The lowest BCUT2D eigenvalue weighted by molar-refractivity contribution is 0.0375. The molecule has 0 radical (unpaired) electrons. The lowest BCUT2D eigenvalue weighted by Gasteiger charge is -2.29. The van der Waals surface area contributed by atoms with E-state index in [0.717, 1.165) is 0 Å². The van der Waals surface area contributed by atoms with Crippen LogP contribution in [0, 0.1) is 17.6 Å². The summed E-state index contributed by atoms with van der Waals surface area (Å²) in [7, 11) is 1.43. The Labute approximate surface area is 184 Å². The number of halogens is 2. The lowest BCUT2D eigenvalue weighted by atomic mass is 9.97. The topological polar surface area (TPSA) is 72.4 Å². The van der Waals surface area contributed by atoms with Crippen molar-refractivity contribution in [3.63, 3.8) is 0 Å². The molecule has 1 aliphatic rings. The van der Waals surface area contributed by atoms with Crippen molar-refractivity contribution in [1.82, 2.24) is 15.2 Å². The van der Waals surface area contributed by atoms with Gasteiger partial charge in [0.25, 0.3) is 11.8 Å². The molecule has 0 spiro atoms. The van der Waals surface area contributed by atoms with Crippen LogP contribution in [0.15, 0.2) is 42.6 Å². The Balaban J connectivity index is 1.66. The van der Waals surface area contributed by atoms with Gasteiger partial charge < -0.3 is 19.9 Å². The van der Waals surface area contributed by atoms with Crippen molar-refractivity contribution in [1.29, 1.82) is 0 Å². The normalized spacial score (nSPS) is 18.5. The van der Waals surface area contributed by atoms with E-state index in [0.29, 0.717) is 30.7 Å². The predicted molar refractivity (Wildman–Crippen MR) is 117 cm³/mol. The molecule has 168 valence electrons. The average Bonchev–Trinajstić information content (AvgIpc) is 3.15. The maximum Gasteiger partial charge on any atom is 0.253 e. The number of carbonyl (C=O) groups excluding carboxylic acids is 2. The van der Waals surface area contributed by atoms with Gasteiger partial charge in [-0.15, -0.1) is 0 Å². The zero-order valence-electron chi connectivity index (χ0n) is 18.0. The van der Waals surface area contributed by atoms with Gasteiger partial charge in [0.05, 0.1) is 23.3 Å². The summed E-state index contributed by atoms with van der Waals surface area (Å²) in [5.41, 5.74) is 1.30. The number of fused-ring (bicyclic) bond motifs is 1. The van der Waals surface area contributed by atoms with Crippen molar-refractivity contribution in [2.24, 2.45) is 5.92 Å². The van der Waals surface area contributed by atoms with E-state index in [9.17, 15) is 18.4 Å². The fourth-order valence-electron chi connectivity index (χ4n) is 4.12. The number of nitrogens with zero attached hydrogens (tertiary/aromatic N) is 1. The van der Waals surface area contributed by atoms with Gasteiger partial charge in [-0.3, -0.25) is 9.59 Å². The van der Waals surface area contributed by atoms with Crippen LogP contribution in [-0.4, -0.2) is 42.7 Å². The first-order valence-corrected chi connectivity index (χ1v) is 10.6. The maximum atomic E-state index is 14.7. The quantitative estimate of drug-likeness (QED) is 0.637. The Morgan fingerprint density at radius 3 is 2.66 bits per heavy atom. The van der Waals surface area contributed by atoms with E-state index in [-0.39, 0.29) is 40.9 Å². The molecule has 1 saturated heterocycles. The number of carbonyl (C=O) groups is 2. The van der Waals surface area contributed by atoms with Gasteiger partial charge in [0.2, 0.25) is 0 Å². The highest BCUT2D eigenvalue weighted by Crippen LogP contribution is 2.26. The van der Waals surface area contributed by atoms with E-state index in [1.807, 2.05) is 6.92 Å². The molecule has 2 amide bonds. The number of nitrogens with one attached hydrogen (secondary N) is 2. The van der Waals surface area contributed by atoms with Crippen molar-refractivity contribution in [3.05, 3.63) is 70.9 Å². The standard InChI is InChI=1S/C24H25F2N3O3/c1-14-13-32-9-8-20(14)28-24(31)17-12-29(21-5-3-4-18(25)22(17)21)11-15-6-7-16(19(26)10-15)23(30)27-2/h3-7,10,12,14,20H,8-9,11,13H2,1-2H3,(H,27,30)(H,28,31). The maximum absolute atomic E-state index is 14.7. The van der Waals surface area contributed by atoms with E-state index in [1.54, 1.807) is 29.0 Å². The van der Waals surface area contributed by atoms with Crippen molar-refractivity contribution >= 4 is 22.7 Å². The van der Waals surface area contributed by atoms with E-state index in [4.69, 9.17) is 4.74 Å². The summed E-state index contributed by atoms with van der Waals surface area (Å²) in [6.07, 6.45) is 2.29. The Morgan fingerprint density at radius 2 is 1.94 bits per heavy atom. The smallest absolute Gasteiger partial charge is 0.253 e. The Bertz CT molecular complexity index is 1170. The lowest BCUT2D eigenvalue weighted by Crippen LogP contribution is -2.44. The molecule has 8 heteroatoms. The fourth-order valence-corrected chi connectivity index (χ4v) is 4.12. The molecule has 4 rings (SSSR count). The molecule has 3 aromatic rings. The molecule has 2 aromatic carbocycles. The van der Waals surface area contributed by atoms with Crippen LogP contribution in [0.5, 0.6) is 0 Å². The molecule has 2 atom stereocenters. The Morgan fingerprint density at radius 1 is 1.12 bits per heavy atom. The summed E-state index contributed by atoms with van der Waals surface area (Å²) in [6.45, 7) is 3.36. The monoisotopic (exact) mass is 441 g/mol. The van der Waals surface area contributed by atoms with Gasteiger partial charge in [0.1, 0.15) is 11.6 Å². The minimum atomic E-state index is -0.643. The summed E-state index contributed by atoms with van der Waals surface area (Å²) >= 11 is 0. The summed E-state index contributed by atoms with van der Waals surface area (Å²) in [5, 5.41) is 5.64. The zero-order chi connectivity index (χ0) is 22.8. The Hall–Kier alpha value is -3.26. The van der Waals surface area contributed by atoms with Crippen molar-refractivity contribution in [2.45, 2.75) is 25.9 Å². The molecule has 0 saturated carbocycles. The molecule has 32 heavy (non-hydrogen) atoms. The molecule has 0 bridgehead atoms. The SMILES string of the molecule is CNC(=O)c1ccc(Cn2cc(C(=O)NC3CCOCC3C)c3c(F)cccc32)cc1F. The number of benzene rings is 2. The summed E-state index contributed by atoms with van der Waals surface area (Å²) < 4.78 is 36.3. The Kier molecular flexibility index (Phi) is 6.23. The largest absolute Gasteiger partial charge is 0.381 e. The van der Waals surface area contributed by atoms with Crippen LogP contribution < -0.4 is 10.6 Å². The summed E-state index contributed by atoms with van der Waals surface area (Å²) in [4.78, 5) is 24.8. The number of ether oxygens (including phenoxy) is 1. The number of hydrogen-bond acceptors (Lipinski definition) is 3. The predicted octanol–water partition coefficient (Wildman–Crippen LogP) is 3.48. The highest BCUT2D eigenvalue weighted by Gasteiger charge is 2.26. The third-order valence-corrected chi connectivity index (χ3v) is 5.92. The van der Waals surface area contributed by atoms with E-state index in [1.165, 1.54) is 25.2 Å². The van der Waals surface area contributed by atoms with E-state index in [2.05, 4.69) is 10.6 Å². The first-order valence-electron chi connectivity index (χ1n) is 10.6. The van der Waals surface area contributed by atoms with Gasteiger partial charge in [-0.2, -0.15) is 0 Å². The highest BCUT2D eigenvalue weighted by atomic mass is 19.1. The van der Waals surface area contributed by atoms with Gasteiger partial charge in [0.15, 0.2) is 0 Å². The molecule has 1 aliphatic heterocycles.